The van der Waals surface area contributed by atoms with Crippen molar-refractivity contribution in [1.82, 2.24) is 4.90 Å². The van der Waals surface area contributed by atoms with Crippen LogP contribution in [0.2, 0.25) is 0 Å². The van der Waals surface area contributed by atoms with E-state index in [1.807, 2.05) is 42.5 Å². The van der Waals surface area contributed by atoms with E-state index in [0.717, 1.165) is 16.3 Å². The number of imide groups is 1. The molecule has 0 spiro atoms. The molecule has 2 amide bonds. The third kappa shape index (κ3) is 2.18. The van der Waals surface area contributed by atoms with Crippen LogP contribution in [-0.4, -0.2) is 22.8 Å². The van der Waals surface area contributed by atoms with Crippen molar-refractivity contribution in [3.05, 3.63) is 48.0 Å². The summed E-state index contributed by atoms with van der Waals surface area (Å²) >= 11 is 0. The number of nitrogens with zero attached hydrogens (tertiary/aromatic N) is 1. The van der Waals surface area contributed by atoms with Crippen LogP contribution in [0.4, 0.5) is 0 Å². The van der Waals surface area contributed by atoms with Crippen LogP contribution in [0.25, 0.3) is 10.8 Å². The lowest BCUT2D eigenvalue weighted by molar-refractivity contribution is -0.149. The van der Waals surface area contributed by atoms with E-state index in [0.29, 0.717) is 19.4 Å². The van der Waals surface area contributed by atoms with Crippen LogP contribution in [-0.2, 0) is 16.1 Å². The van der Waals surface area contributed by atoms with Crippen LogP contribution in [0.5, 0.6) is 0 Å². The summed E-state index contributed by atoms with van der Waals surface area (Å²) in [5.41, 5.74) is 6.72. The second-order valence-electron chi connectivity index (χ2n) is 5.10. The third-order valence-corrected chi connectivity index (χ3v) is 3.76. The fourth-order valence-electron chi connectivity index (χ4n) is 2.63. The molecule has 2 aromatic rings. The normalized spacial score (nSPS) is 19.6. The molecule has 1 fully saturated rings. The van der Waals surface area contributed by atoms with Crippen LogP contribution >= 0.6 is 0 Å². The molecule has 4 heteroatoms. The summed E-state index contributed by atoms with van der Waals surface area (Å²) in [6.45, 7) is 0.298. The number of benzene rings is 2. The number of fused-ring (bicyclic) bond motifs is 1. The van der Waals surface area contributed by atoms with Gasteiger partial charge in [-0.05, 0) is 22.8 Å². The Morgan fingerprint density at radius 1 is 1.10 bits per heavy atom. The lowest BCUT2D eigenvalue weighted by atomic mass is 10.0. The lowest BCUT2D eigenvalue weighted by Crippen LogP contribution is -2.50. The summed E-state index contributed by atoms with van der Waals surface area (Å²) in [7, 11) is 0. The van der Waals surface area contributed by atoms with E-state index in [1.54, 1.807) is 0 Å². The monoisotopic (exact) mass is 268 g/mol. The highest BCUT2D eigenvalue weighted by Crippen LogP contribution is 2.22. The predicted molar refractivity (Wildman–Crippen MR) is 76.7 cm³/mol. The minimum atomic E-state index is -0.553. The van der Waals surface area contributed by atoms with Crippen LogP contribution in [0.1, 0.15) is 18.4 Å². The summed E-state index contributed by atoms with van der Waals surface area (Å²) in [6.07, 6.45) is 0.793. The molecule has 4 nitrogen and oxygen atoms in total. The summed E-state index contributed by atoms with van der Waals surface area (Å²) in [5.74, 6) is -0.404. The van der Waals surface area contributed by atoms with Crippen molar-refractivity contribution in [2.45, 2.75) is 25.4 Å². The van der Waals surface area contributed by atoms with Crippen molar-refractivity contribution in [1.29, 1.82) is 0 Å². The number of carbonyl (C=O) groups is 2. The standard InChI is InChI=1S/C16H16N2O2/c17-14-8-9-15(19)18(16(14)20)10-12-6-3-5-11-4-1-2-7-13(11)12/h1-7,14H,8-10,17H2. The van der Waals surface area contributed by atoms with Gasteiger partial charge in [-0.1, -0.05) is 42.5 Å². The fourth-order valence-corrected chi connectivity index (χ4v) is 2.63. The summed E-state index contributed by atoms with van der Waals surface area (Å²) in [6, 6.07) is 13.3. The van der Waals surface area contributed by atoms with Gasteiger partial charge in [-0.15, -0.1) is 0 Å². The predicted octanol–water partition coefficient (Wildman–Crippen LogP) is 1.82. The Hall–Kier alpha value is -2.20. The molecule has 20 heavy (non-hydrogen) atoms. The van der Waals surface area contributed by atoms with Crippen molar-refractivity contribution in [2.24, 2.45) is 5.73 Å². The minimum absolute atomic E-state index is 0.135. The molecule has 2 N–H and O–H groups in total. The van der Waals surface area contributed by atoms with Crippen molar-refractivity contribution in [2.75, 3.05) is 0 Å². The number of piperidine rings is 1. The van der Waals surface area contributed by atoms with Crippen LogP contribution in [0.3, 0.4) is 0 Å². The summed E-state index contributed by atoms with van der Waals surface area (Å²) in [5, 5.41) is 2.17. The molecule has 0 radical (unpaired) electrons. The molecule has 1 aliphatic rings. The van der Waals surface area contributed by atoms with E-state index in [1.165, 1.54) is 4.90 Å². The number of amides is 2. The van der Waals surface area contributed by atoms with Crippen molar-refractivity contribution in [3.63, 3.8) is 0 Å². The van der Waals surface area contributed by atoms with Crippen molar-refractivity contribution >= 4 is 22.6 Å². The molecule has 2 aromatic carbocycles. The van der Waals surface area contributed by atoms with Gasteiger partial charge < -0.3 is 5.73 Å². The molecule has 1 unspecified atom stereocenters. The Balaban J connectivity index is 1.96. The zero-order chi connectivity index (χ0) is 14.1. The van der Waals surface area contributed by atoms with E-state index < -0.39 is 6.04 Å². The van der Waals surface area contributed by atoms with Gasteiger partial charge in [0, 0.05) is 6.42 Å². The first-order chi connectivity index (χ1) is 9.66. The summed E-state index contributed by atoms with van der Waals surface area (Å²) < 4.78 is 0. The second-order valence-corrected chi connectivity index (χ2v) is 5.10. The van der Waals surface area contributed by atoms with Gasteiger partial charge in [-0.25, -0.2) is 0 Å². The van der Waals surface area contributed by atoms with E-state index in [2.05, 4.69) is 0 Å². The van der Waals surface area contributed by atoms with E-state index in [4.69, 9.17) is 5.73 Å². The third-order valence-electron chi connectivity index (χ3n) is 3.76. The highest BCUT2D eigenvalue weighted by atomic mass is 16.2. The van der Waals surface area contributed by atoms with Gasteiger partial charge in [0.25, 0.3) is 0 Å². The molecule has 0 bridgehead atoms. The Kier molecular flexibility index (Phi) is 3.24. The first kappa shape index (κ1) is 12.8. The molecular formula is C16H16N2O2. The second kappa shape index (κ2) is 5.06. The van der Waals surface area contributed by atoms with Crippen molar-refractivity contribution < 1.29 is 9.59 Å². The molecule has 1 saturated heterocycles. The maximum atomic E-state index is 12.1. The Labute approximate surface area is 117 Å². The van der Waals surface area contributed by atoms with Crippen LogP contribution < -0.4 is 5.73 Å². The minimum Gasteiger partial charge on any atom is -0.320 e. The number of hydrogen-bond acceptors (Lipinski definition) is 3. The van der Waals surface area contributed by atoms with Gasteiger partial charge in [0.2, 0.25) is 11.8 Å². The van der Waals surface area contributed by atoms with Gasteiger partial charge in [0.05, 0.1) is 12.6 Å². The Morgan fingerprint density at radius 2 is 1.85 bits per heavy atom. The van der Waals surface area contributed by atoms with Crippen LogP contribution in [0.15, 0.2) is 42.5 Å². The highest BCUT2D eigenvalue weighted by molar-refractivity contribution is 6.00. The quantitative estimate of drug-likeness (QED) is 0.845. The first-order valence-electron chi connectivity index (χ1n) is 6.73. The molecule has 102 valence electrons. The van der Waals surface area contributed by atoms with Crippen LogP contribution in [0, 0.1) is 0 Å². The van der Waals surface area contributed by atoms with E-state index in [9.17, 15) is 9.59 Å². The maximum absolute atomic E-state index is 12.1. The molecule has 0 aromatic heterocycles. The molecule has 1 aliphatic heterocycles. The molecule has 1 heterocycles. The fraction of sp³-hybridized carbons (Fsp3) is 0.250. The SMILES string of the molecule is NC1CCC(=O)N(Cc2cccc3ccccc23)C1=O. The van der Waals surface area contributed by atoms with Gasteiger partial charge in [-0.3, -0.25) is 14.5 Å². The van der Waals surface area contributed by atoms with Gasteiger partial charge in [0.15, 0.2) is 0 Å². The maximum Gasteiger partial charge on any atom is 0.246 e. The van der Waals surface area contributed by atoms with E-state index >= 15 is 0 Å². The largest absolute Gasteiger partial charge is 0.320 e. The number of rotatable bonds is 2. The average molecular weight is 268 g/mol. The lowest BCUT2D eigenvalue weighted by Gasteiger charge is -2.29. The number of nitrogens with two attached hydrogens (primary N) is 1. The Morgan fingerprint density at radius 3 is 2.70 bits per heavy atom. The molecular weight excluding hydrogens is 252 g/mol. The van der Waals surface area contributed by atoms with Gasteiger partial charge in [0.1, 0.15) is 0 Å². The van der Waals surface area contributed by atoms with Crippen molar-refractivity contribution in [3.8, 4) is 0 Å². The number of hydrogen-bond donors (Lipinski definition) is 1. The molecule has 3 rings (SSSR count). The summed E-state index contributed by atoms with van der Waals surface area (Å²) in [4.78, 5) is 25.3. The molecule has 0 saturated carbocycles. The molecule has 0 aliphatic carbocycles. The smallest absolute Gasteiger partial charge is 0.246 e. The van der Waals surface area contributed by atoms with Gasteiger partial charge in [-0.2, -0.15) is 0 Å². The highest BCUT2D eigenvalue weighted by Gasteiger charge is 2.32. The zero-order valence-corrected chi connectivity index (χ0v) is 11.1. The topological polar surface area (TPSA) is 63.4 Å². The zero-order valence-electron chi connectivity index (χ0n) is 11.1. The number of carbonyl (C=O) groups excluding carboxylic acids is 2. The first-order valence-corrected chi connectivity index (χ1v) is 6.73. The number of likely N-dealkylation sites (tertiary alicyclic amines) is 1. The average Bonchev–Trinajstić information content (AvgIpc) is 2.48. The Bertz CT molecular complexity index is 676. The molecule has 1 atom stereocenters. The van der Waals surface area contributed by atoms with E-state index in [-0.39, 0.29) is 11.8 Å². The van der Waals surface area contributed by atoms with Gasteiger partial charge >= 0.3 is 0 Å².